The van der Waals surface area contributed by atoms with Crippen LogP contribution >= 0.6 is 0 Å². The van der Waals surface area contributed by atoms with Gasteiger partial charge in [-0.15, -0.1) is 0 Å². The molecule has 98 valence electrons. The van der Waals surface area contributed by atoms with Crippen molar-refractivity contribution in [1.29, 1.82) is 0 Å². The van der Waals surface area contributed by atoms with Gasteiger partial charge in [0.2, 0.25) is 5.78 Å². The molecular formula is C14H17FO3. The standard InChI is InChI=1S/C14H17FO3/c1-4-9-6-10(5-2)8-11(7-9)13(16)12(15)14(17)18-3/h6-8,12H,4-5H2,1-3H3. The Labute approximate surface area is 106 Å². The molecule has 1 atom stereocenters. The molecule has 0 amide bonds. The van der Waals surface area contributed by atoms with E-state index in [2.05, 4.69) is 4.74 Å². The lowest BCUT2D eigenvalue weighted by molar-refractivity contribution is -0.144. The van der Waals surface area contributed by atoms with Crippen LogP contribution < -0.4 is 0 Å². The Kier molecular flexibility index (Phi) is 5.01. The average molecular weight is 252 g/mol. The Balaban J connectivity index is 3.08. The smallest absolute Gasteiger partial charge is 0.348 e. The zero-order valence-corrected chi connectivity index (χ0v) is 10.8. The van der Waals surface area contributed by atoms with Crippen molar-refractivity contribution in [3.63, 3.8) is 0 Å². The molecule has 0 saturated heterocycles. The molecule has 4 heteroatoms. The maximum atomic E-state index is 13.5. The second kappa shape index (κ2) is 6.28. The lowest BCUT2D eigenvalue weighted by atomic mass is 9.98. The summed E-state index contributed by atoms with van der Waals surface area (Å²) in [5.74, 6) is -1.99. The fourth-order valence-corrected chi connectivity index (χ4v) is 1.67. The van der Waals surface area contributed by atoms with Gasteiger partial charge in [-0.2, -0.15) is 0 Å². The molecule has 3 nitrogen and oxygen atoms in total. The van der Waals surface area contributed by atoms with Gasteiger partial charge < -0.3 is 4.74 Å². The van der Waals surface area contributed by atoms with E-state index < -0.39 is 17.9 Å². The topological polar surface area (TPSA) is 43.4 Å². The number of aryl methyl sites for hydroxylation is 2. The Morgan fingerprint density at radius 2 is 1.67 bits per heavy atom. The van der Waals surface area contributed by atoms with Crippen LogP contribution in [0.5, 0.6) is 0 Å². The zero-order chi connectivity index (χ0) is 13.7. The average Bonchev–Trinajstić information content (AvgIpc) is 2.43. The van der Waals surface area contributed by atoms with Crippen LogP contribution in [0.3, 0.4) is 0 Å². The number of Topliss-reactive ketones (excluding diaryl/α,β-unsaturated/α-hetero) is 1. The van der Waals surface area contributed by atoms with E-state index in [4.69, 9.17) is 0 Å². The van der Waals surface area contributed by atoms with Crippen molar-refractivity contribution in [2.45, 2.75) is 32.9 Å². The summed E-state index contributed by atoms with van der Waals surface area (Å²) in [4.78, 5) is 22.8. The van der Waals surface area contributed by atoms with Crippen molar-refractivity contribution < 1.29 is 18.7 Å². The number of alkyl halides is 1. The predicted octanol–water partition coefficient (Wildman–Crippen LogP) is 2.51. The Hall–Kier alpha value is -1.71. The number of carbonyl (C=O) groups is 2. The molecule has 0 aliphatic heterocycles. The zero-order valence-electron chi connectivity index (χ0n) is 10.8. The van der Waals surface area contributed by atoms with Crippen LogP contribution in [0.4, 0.5) is 4.39 Å². The first-order valence-corrected chi connectivity index (χ1v) is 5.92. The highest BCUT2D eigenvalue weighted by Crippen LogP contribution is 2.15. The van der Waals surface area contributed by atoms with Crippen LogP contribution in [-0.4, -0.2) is 25.0 Å². The quantitative estimate of drug-likeness (QED) is 0.459. The first-order valence-electron chi connectivity index (χ1n) is 5.92. The van der Waals surface area contributed by atoms with E-state index in [-0.39, 0.29) is 5.56 Å². The fraction of sp³-hybridized carbons (Fsp3) is 0.429. The number of hydrogen-bond acceptors (Lipinski definition) is 3. The van der Waals surface area contributed by atoms with E-state index in [9.17, 15) is 14.0 Å². The molecule has 0 aromatic heterocycles. The number of esters is 1. The van der Waals surface area contributed by atoms with Crippen molar-refractivity contribution in [2.24, 2.45) is 0 Å². The molecular weight excluding hydrogens is 235 g/mol. The number of ketones is 1. The van der Waals surface area contributed by atoms with Crippen molar-refractivity contribution in [2.75, 3.05) is 7.11 Å². The van der Waals surface area contributed by atoms with Crippen LogP contribution in [0.1, 0.15) is 35.3 Å². The maximum Gasteiger partial charge on any atom is 0.348 e. The first kappa shape index (κ1) is 14.4. The van der Waals surface area contributed by atoms with E-state index in [1.54, 1.807) is 12.1 Å². The van der Waals surface area contributed by atoms with E-state index >= 15 is 0 Å². The summed E-state index contributed by atoms with van der Waals surface area (Å²) in [5, 5.41) is 0. The number of hydrogen-bond donors (Lipinski definition) is 0. The monoisotopic (exact) mass is 252 g/mol. The van der Waals surface area contributed by atoms with Crippen LogP contribution in [0.15, 0.2) is 18.2 Å². The third-order valence-corrected chi connectivity index (χ3v) is 2.79. The van der Waals surface area contributed by atoms with E-state index in [1.165, 1.54) is 0 Å². The molecule has 0 saturated carbocycles. The van der Waals surface area contributed by atoms with Gasteiger partial charge in [-0.05, 0) is 36.1 Å². The molecule has 1 rings (SSSR count). The fourth-order valence-electron chi connectivity index (χ4n) is 1.67. The normalized spacial score (nSPS) is 12.0. The number of ether oxygens (including phenoxy) is 1. The molecule has 1 aromatic rings. The highest BCUT2D eigenvalue weighted by molar-refractivity contribution is 6.11. The lowest BCUT2D eigenvalue weighted by Crippen LogP contribution is -2.27. The highest BCUT2D eigenvalue weighted by atomic mass is 19.1. The summed E-state index contributed by atoms with van der Waals surface area (Å²) in [6.45, 7) is 3.91. The van der Waals surface area contributed by atoms with Gasteiger partial charge in [0.05, 0.1) is 7.11 Å². The van der Waals surface area contributed by atoms with Crippen molar-refractivity contribution in [3.05, 3.63) is 34.9 Å². The number of carbonyl (C=O) groups excluding carboxylic acids is 2. The lowest BCUT2D eigenvalue weighted by Gasteiger charge is -2.09. The van der Waals surface area contributed by atoms with Gasteiger partial charge >= 0.3 is 5.97 Å². The summed E-state index contributed by atoms with van der Waals surface area (Å²) in [6, 6.07) is 5.22. The van der Waals surface area contributed by atoms with Gasteiger partial charge in [-0.25, -0.2) is 9.18 Å². The minimum absolute atomic E-state index is 0.226. The molecule has 0 aliphatic rings. The van der Waals surface area contributed by atoms with E-state index in [1.807, 2.05) is 19.9 Å². The van der Waals surface area contributed by atoms with Gasteiger partial charge in [0.15, 0.2) is 0 Å². The SMILES string of the molecule is CCc1cc(CC)cc(C(=O)C(F)C(=O)OC)c1. The molecule has 1 aromatic carbocycles. The first-order chi connectivity index (χ1) is 8.53. The molecule has 0 aliphatic carbocycles. The highest BCUT2D eigenvalue weighted by Gasteiger charge is 2.28. The van der Waals surface area contributed by atoms with Crippen molar-refractivity contribution >= 4 is 11.8 Å². The maximum absolute atomic E-state index is 13.5. The molecule has 0 radical (unpaired) electrons. The van der Waals surface area contributed by atoms with Crippen LogP contribution in [0.25, 0.3) is 0 Å². The minimum atomic E-state index is -2.24. The molecule has 0 bridgehead atoms. The van der Waals surface area contributed by atoms with Gasteiger partial charge in [0.1, 0.15) is 0 Å². The summed E-state index contributed by atoms with van der Waals surface area (Å²) in [5.41, 5.74) is 2.13. The second-order valence-corrected chi connectivity index (χ2v) is 4.00. The van der Waals surface area contributed by atoms with Gasteiger partial charge in [-0.1, -0.05) is 19.9 Å². The summed E-state index contributed by atoms with van der Waals surface area (Å²) < 4.78 is 17.8. The van der Waals surface area contributed by atoms with Gasteiger partial charge in [-0.3, -0.25) is 4.79 Å². The van der Waals surface area contributed by atoms with Crippen LogP contribution in [0, 0.1) is 0 Å². The van der Waals surface area contributed by atoms with Gasteiger partial charge in [0, 0.05) is 5.56 Å². The summed E-state index contributed by atoms with van der Waals surface area (Å²) >= 11 is 0. The molecule has 0 spiro atoms. The summed E-state index contributed by atoms with van der Waals surface area (Å²) in [7, 11) is 1.06. The van der Waals surface area contributed by atoms with Crippen LogP contribution in [-0.2, 0) is 22.4 Å². The van der Waals surface area contributed by atoms with Crippen molar-refractivity contribution in [1.82, 2.24) is 0 Å². The molecule has 0 heterocycles. The molecule has 0 fully saturated rings. The number of benzene rings is 1. The Morgan fingerprint density at radius 1 is 1.17 bits per heavy atom. The molecule has 0 N–H and O–H groups in total. The molecule has 1 unspecified atom stereocenters. The largest absolute Gasteiger partial charge is 0.467 e. The van der Waals surface area contributed by atoms with E-state index in [0.29, 0.717) is 0 Å². The van der Waals surface area contributed by atoms with Crippen LogP contribution in [0.2, 0.25) is 0 Å². The van der Waals surface area contributed by atoms with Crippen molar-refractivity contribution in [3.8, 4) is 0 Å². The Bertz CT molecular complexity index is 432. The minimum Gasteiger partial charge on any atom is -0.467 e. The third-order valence-electron chi connectivity index (χ3n) is 2.79. The molecule has 18 heavy (non-hydrogen) atoms. The Morgan fingerprint density at radius 3 is 2.06 bits per heavy atom. The number of rotatable bonds is 5. The predicted molar refractivity (Wildman–Crippen MR) is 66.4 cm³/mol. The van der Waals surface area contributed by atoms with Gasteiger partial charge in [0.25, 0.3) is 6.17 Å². The van der Waals surface area contributed by atoms with E-state index in [0.717, 1.165) is 31.1 Å². The third kappa shape index (κ3) is 3.15. The number of halogens is 1. The summed E-state index contributed by atoms with van der Waals surface area (Å²) in [6.07, 6.45) is -0.737. The number of methoxy groups -OCH3 is 1. The second-order valence-electron chi connectivity index (χ2n) is 4.00.